The predicted octanol–water partition coefficient (Wildman–Crippen LogP) is 2.40. The van der Waals surface area contributed by atoms with Crippen LogP contribution < -0.4 is 16.6 Å². The summed E-state index contributed by atoms with van der Waals surface area (Å²) in [6, 6.07) is 6.17. The van der Waals surface area contributed by atoms with Crippen molar-refractivity contribution in [3.63, 3.8) is 0 Å². The lowest BCUT2D eigenvalue weighted by molar-refractivity contribution is 0.819. The molecule has 0 bridgehead atoms. The Hall–Kier alpha value is -1.07. The van der Waals surface area contributed by atoms with Crippen LogP contribution in [0, 0.1) is 6.92 Å². The summed E-state index contributed by atoms with van der Waals surface area (Å²) in [5.41, 5.74) is 4.66. The molecular formula is C11H17BrN4. The van der Waals surface area contributed by atoms with Crippen molar-refractivity contribution in [2.24, 2.45) is 10.8 Å². The molecule has 0 atom stereocenters. The first-order valence-electron chi connectivity index (χ1n) is 5.10. The number of hydrogen-bond acceptors (Lipinski definition) is 2. The van der Waals surface area contributed by atoms with Crippen molar-refractivity contribution in [1.82, 2.24) is 5.43 Å². The zero-order chi connectivity index (χ0) is 12.1. The van der Waals surface area contributed by atoms with Crippen LogP contribution in [0.4, 0.5) is 5.69 Å². The molecule has 0 aliphatic heterocycles. The summed E-state index contributed by atoms with van der Waals surface area (Å²) >= 11 is 3.42. The third kappa shape index (κ3) is 3.83. The minimum atomic E-state index is 0.189. The Kier molecular flexibility index (Phi) is 4.76. The fraction of sp³-hybridized carbons (Fsp3) is 0.364. The van der Waals surface area contributed by atoms with Gasteiger partial charge in [-0.05, 0) is 44.5 Å². The summed E-state index contributed by atoms with van der Waals surface area (Å²) < 4.78 is 1.05. The predicted molar refractivity (Wildman–Crippen MR) is 72.4 cm³/mol. The second-order valence-corrected chi connectivity index (χ2v) is 4.72. The van der Waals surface area contributed by atoms with Gasteiger partial charge in [0.1, 0.15) is 0 Å². The van der Waals surface area contributed by atoms with Crippen LogP contribution in [0.5, 0.6) is 0 Å². The number of anilines is 1. The standard InChI is InChI=1S/C11H17BrN4/c1-7(2)14-11(16-13)15-10-5-4-9(12)6-8(10)3/h4-7H,13H2,1-3H3,(H2,14,15,16). The maximum absolute atomic E-state index is 5.40. The van der Waals surface area contributed by atoms with E-state index in [4.69, 9.17) is 5.84 Å². The third-order valence-electron chi connectivity index (χ3n) is 1.97. The van der Waals surface area contributed by atoms with E-state index in [1.165, 1.54) is 0 Å². The van der Waals surface area contributed by atoms with Gasteiger partial charge in [-0.3, -0.25) is 5.43 Å². The minimum absolute atomic E-state index is 0.189. The van der Waals surface area contributed by atoms with Gasteiger partial charge in [0, 0.05) is 16.2 Å². The average Bonchev–Trinajstić information content (AvgIpc) is 2.20. The van der Waals surface area contributed by atoms with Crippen LogP contribution >= 0.6 is 15.9 Å². The maximum atomic E-state index is 5.40. The normalized spacial score (nSPS) is 11.8. The van der Waals surface area contributed by atoms with Crippen LogP contribution in [-0.4, -0.2) is 12.0 Å². The molecule has 1 rings (SSSR count). The molecule has 0 fully saturated rings. The Labute approximate surface area is 104 Å². The van der Waals surface area contributed by atoms with Crippen LogP contribution in [0.15, 0.2) is 27.7 Å². The van der Waals surface area contributed by atoms with E-state index >= 15 is 0 Å². The summed E-state index contributed by atoms with van der Waals surface area (Å²) in [6.07, 6.45) is 0. The third-order valence-corrected chi connectivity index (χ3v) is 2.46. The number of nitrogens with one attached hydrogen (secondary N) is 2. The highest BCUT2D eigenvalue weighted by atomic mass is 79.9. The molecule has 5 heteroatoms. The summed E-state index contributed by atoms with van der Waals surface area (Å²) in [4.78, 5) is 4.31. The summed E-state index contributed by atoms with van der Waals surface area (Å²) in [5, 5.41) is 3.15. The second-order valence-electron chi connectivity index (χ2n) is 3.80. The van der Waals surface area contributed by atoms with E-state index in [2.05, 4.69) is 31.7 Å². The number of benzene rings is 1. The Morgan fingerprint density at radius 3 is 2.62 bits per heavy atom. The van der Waals surface area contributed by atoms with Crippen LogP contribution in [-0.2, 0) is 0 Å². The largest absolute Gasteiger partial charge is 0.325 e. The van der Waals surface area contributed by atoms with Gasteiger partial charge < -0.3 is 5.32 Å². The lowest BCUT2D eigenvalue weighted by Gasteiger charge is -2.12. The number of aliphatic imine (C=N–C) groups is 1. The van der Waals surface area contributed by atoms with Crippen LogP contribution in [0.3, 0.4) is 0 Å². The van der Waals surface area contributed by atoms with Crippen molar-refractivity contribution in [3.05, 3.63) is 28.2 Å². The molecule has 0 saturated heterocycles. The summed E-state index contributed by atoms with van der Waals surface area (Å²) in [6.45, 7) is 6.01. The van der Waals surface area contributed by atoms with E-state index in [0.717, 1.165) is 15.7 Å². The van der Waals surface area contributed by atoms with Crippen molar-refractivity contribution in [2.45, 2.75) is 26.8 Å². The average molecular weight is 285 g/mol. The molecule has 0 heterocycles. The molecule has 0 aliphatic carbocycles. The number of halogens is 1. The van der Waals surface area contributed by atoms with E-state index in [1.807, 2.05) is 39.0 Å². The topological polar surface area (TPSA) is 62.4 Å². The quantitative estimate of drug-likeness (QED) is 0.338. The number of rotatable bonds is 2. The Morgan fingerprint density at radius 2 is 2.12 bits per heavy atom. The fourth-order valence-corrected chi connectivity index (χ4v) is 1.73. The van der Waals surface area contributed by atoms with Crippen molar-refractivity contribution in [1.29, 1.82) is 0 Å². The zero-order valence-corrected chi connectivity index (χ0v) is 11.3. The SMILES string of the molecule is Cc1cc(Br)ccc1NC(=NC(C)C)NN. The first kappa shape index (κ1) is 13.0. The number of hydrazine groups is 1. The van der Waals surface area contributed by atoms with Gasteiger partial charge >= 0.3 is 0 Å². The molecule has 0 aliphatic rings. The van der Waals surface area contributed by atoms with Crippen molar-refractivity contribution >= 4 is 27.6 Å². The van der Waals surface area contributed by atoms with E-state index < -0.39 is 0 Å². The molecule has 88 valence electrons. The van der Waals surface area contributed by atoms with Crippen LogP contribution in [0.1, 0.15) is 19.4 Å². The smallest absolute Gasteiger partial charge is 0.210 e. The van der Waals surface area contributed by atoms with E-state index in [1.54, 1.807) is 0 Å². The van der Waals surface area contributed by atoms with Gasteiger partial charge in [-0.25, -0.2) is 10.8 Å². The van der Waals surface area contributed by atoms with Gasteiger partial charge in [0.25, 0.3) is 0 Å². The van der Waals surface area contributed by atoms with Gasteiger partial charge in [-0.2, -0.15) is 0 Å². The minimum Gasteiger partial charge on any atom is -0.325 e. The van der Waals surface area contributed by atoms with Crippen LogP contribution in [0.25, 0.3) is 0 Å². The van der Waals surface area contributed by atoms with E-state index in [9.17, 15) is 0 Å². The molecule has 0 saturated carbocycles. The molecule has 0 amide bonds. The molecule has 0 spiro atoms. The Balaban J connectivity index is 2.86. The molecule has 4 nitrogen and oxygen atoms in total. The van der Waals surface area contributed by atoms with Crippen molar-refractivity contribution in [2.75, 3.05) is 5.32 Å². The lowest BCUT2D eigenvalue weighted by atomic mass is 10.2. The summed E-state index contributed by atoms with van der Waals surface area (Å²) in [7, 11) is 0. The molecule has 1 aromatic carbocycles. The number of nitrogens with two attached hydrogens (primary N) is 1. The van der Waals surface area contributed by atoms with E-state index in [0.29, 0.717) is 5.96 Å². The Morgan fingerprint density at radius 1 is 1.44 bits per heavy atom. The van der Waals surface area contributed by atoms with Gasteiger partial charge in [-0.15, -0.1) is 0 Å². The fourth-order valence-electron chi connectivity index (χ4n) is 1.26. The highest BCUT2D eigenvalue weighted by Crippen LogP contribution is 2.19. The van der Waals surface area contributed by atoms with Gasteiger partial charge in [0.15, 0.2) is 0 Å². The van der Waals surface area contributed by atoms with Gasteiger partial charge in [0.2, 0.25) is 5.96 Å². The summed E-state index contributed by atoms with van der Waals surface area (Å²) in [5.74, 6) is 5.97. The molecule has 0 aromatic heterocycles. The number of hydrogen-bond donors (Lipinski definition) is 3. The van der Waals surface area contributed by atoms with Crippen molar-refractivity contribution in [3.8, 4) is 0 Å². The lowest BCUT2D eigenvalue weighted by Crippen LogP contribution is -2.37. The van der Waals surface area contributed by atoms with Crippen LogP contribution in [0.2, 0.25) is 0 Å². The number of guanidine groups is 1. The number of nitrogens with zero attached hydrogens (tertiary/aromatic N) is 1. The molecule has 0 unspecified atom stereocenters. The molecule has 1 aromatic rings. The first-order valence-corrected chi connectivity index (χ1v) is 5.90. The van der Waals surface area contributed by atoms with Crippen molar-refractivity contribution < 1.29 is 0 Å². The first-order chi connectivity index (χ1) is 7.52. The molecule has 4 N–H and O–H groups in total. The highest BCUT2D eigenvalue weighted by Gasteiger charge is 2.02. The Bertz CT molecular complexity index is 388. The molecular weight excluding hydrogens is 268 g/mol. The van der Waals surface area contributed by atoms with E-state index in [-0.39, 0.29) is 6.04 Å². The zero-order valence-electron chi connectivity index (χ0n) is 9.71. The van der Waals surface area contributed by atoms with Gasteiger partial charge in [-0.1, -0.05) is 15.9 Å². The van der Waals surface area contributed by atoms with Gasteiger partial charge in [0.05, 0.1) is 0 Å². The maximum Gasteiger partial charge on any atom is 0.210 e. The second kappa shape index (κ2) is 5.86. The highest BCUT2D eigenvalue weighted by molar-refractivity contribution is 9.10. The monoisotopic (exact) mass is 284 g/mol. The number of aryl methyl sites for hydroxylation is 1. The molecule has 0 radical (unpaired) electrons. The molecule has 16 heavy (non-hydrogen) atoms.